The molecule has 1 aromatic heterocycles. The first kappa shape index (κ1) is 19.4. The first-order chi connectivity index (χ1) is 13.9. The summed E-state index contributed by atoms with van der Waals surface area (Å²) in [5.41, 5.74) is 3.36. The van der Waals surface area contributed by atoms with E-state index in [0.29, 0.717) is 15.6 Å². The number of carbonyl (C=O) groups is 2. The molecule has 0 aliphatic carbocycles. The maximum atomic E-state index is 12.9. The zero-order chi connectivity index (χ0) is 20.5. The van der Waals surface area contributed by atoms with Crippen LogP contribution in [0.4, 0.5) is 16.2 Å². The third kappa shape index (κ3) is 3.81. The first-order valence-corrected chi connectivity index (χ1v) is 10.1. The predicted molar refractivity (Wildman–Crippen MR) is 120 cm³/mol. The van der Waals surface area contributed by atoms with Crippen molar-refractivity contribution in [2.24, 2.45) is 0 Å². The Morgan fingerprint density at radius 1 is 0.966 bits per heavy atom. The van der Waals surface area contributed by atoms with Gasteiger partial charge in [0.25, 0.3) is 11.1 Å². The summed E-state index contributed by atoms with van der Waals surface area (Å²) in [6.07, 6.45) is 3.67. The Bertz CT molecular complexity index is 1120. The fourth-order valence-corrected chi connectivity index (χ4v) is 4.11. The van der Waals surface area contributed by atoms with Gasteiger partial charge in [-0.25, -0.2) is 4.90 Å². The fourth-order valence-electron chi connectivity index (χ4n) is 3.10. The quantitative estimate of drug-likeness (QED) is 0.524. The third-order valence-electron chi connectivity index (χ3n) is 4.56. The van der Waals surface area contributed by atoms with Gasteiger partial charge < -0.3 is 9.47 Å². The summed E-state index contributed by atoms with van der Waals surface area (Å²) in [4.78, 5) is 28.9. The van der Waals surface area contributed by atoms with Gasteiger partial charge >= 0.3 is 0 Å². The summed E-state index contributed by atoms with van der Waals surface area (Å²) in [5, 5.41) is 0.137. The number of amides is 2. The van der Waals surface area contributed by atoms with Crippen LogP contribution >= 0.6 is 23.4 Å². The molecule has 0 bridgehead atoms. The molecular weight excluding hydrogens is 406 g/mol. The van der Waals surface area contributed by atoms with Gasteiger partial charge in [-0.1, -0.05) is 17.7 Å². The van der Waals surface area contributed by atoms with E-state index in [1.165, 1.54) is 0 Å². The molecule has 0 unspecified atom stereocenters. The third-order valence-corrected chi connectivity index (χ3v) is 5.67. The number of halogens is 1. The van der Waals surface area contributed by atoms with Crippen molar-refractivity contribution in [3.8, 4) is 5.69 Å². The summed E-state index contributed by atoms with van der Waals surface area (Å²) in [5.74, 6) is -0.349. The van der Waals surface area contributed by atoms with Crippen LogP contribution < -0.4 is 9.80 Å². The lowest BCUT2D eigenvalue weighted by atomic mass is 10.2. The topological polar surface area (TPSA) is 45.6 Å². The number of anilines is 2. The fraction of sp³-hybridized carbons (Fsp3) is 0.0909. The largest absolute Gasteiger partial charge is 0.378 e. The van der Waals surface area contributed by atoms with Crippen LogP contribution in [0.15, 0.2) is 71.8 Å². The van der Waals surface area contributed by atoms with Gasteiger partial charge in [-0.3, -0.25) is 9.59 Å². The van der Waals surface area contributed by atoms with Gasteiger partial charge in [-0.2, -0.15) is 0 Å². The van der Waals surface area contributed by atoms with E-state index in [1.54, 1.807) is 30.3 Å². The van der Waals surface area contributed by atoms with Crippen LogP contribution in [-0.4, -0.2) is 29.8 Å². The van der Waals surface area contributed by atoms with Crippen LogP contribution in [0.25, 0.3) is 11.8 Å². The maximum absolute atomic E-state index is 12.9. The number of hydrogen-bond donors (Lipinski definition) is 0. The minimum absolute atomic E-state index is 0.336. The van der Waals surface area contributed by atoms with Crippen LogP contribution in [0.5, 0.6) is 0 Å². The van der Waals surface area contributed by atoms with E-state index in [9.17, 15) is 9.59 Å². The standard InChI is InChI=1S/C22H18ClN3O2S/c1-24(2)16-8-10-17(11-9-16)25-12-4-7-18(25)14-20-21(27)26(22(28)29-20)19-6-3-5-15(23)13-19/h3-14H,1-2H3/b20-14+. The van der Waals surface area contributed by atoms with Gasteiger partial charge in [0, 0.05) is 42.4 Å². The van der Waals surface area contributed by atoms with Crippen molar-refractivity contribution in [2.75, 3.05) is 23.9 Å². The van der Waals surface area contributed by atoms with Crippen LogP contribution in [-0.2, 0) is 4.79 Å². The minimum Gasteiger partial charge on any atom is -0.378 e. The van der Waals surface area contributed by atoms with Crippen molar-refractivity contribution in [3.63, 3.8) is 0 Å². The van der Waals surface area contributed by atoms with Crippen molar-refractivity contribution in [3.05, 3.63) is 82.5 Å². The predicted octanol–water partition coefficient (Wildman–Crippen LogP) is 5.44. The summed E-state index contributed by atoms with van der Waals surface area (Å²) in [6, 6.07) is 18.6. The number of aromatic nitrogens is 1. The molecular formula is C22H18ClN3O2S. The second kappa shape index (κ2) is 7.81. The van der Waals surface area contributed by atoms with Crippen molar-refractivity contribution in [1.29, 1.82) is 0 Å². The number of hydrogen-bond acceptors (Lipinski definition) is 4. The smallest absolute Gasteiger partial charge is 0.298 e. The molecule has 0 saturated carbocycles. The number of nitrogens with zero attached hydrogens (tertiary/aromatic N) is 3. The Morgan fingerprint density at radius 3 is 2.41 bits per heavy atom. The molecule has 2 amide bonds. The van der Waals surface area contributed by atoms with Gasteiger partial charge in [0.15, 0.2) is 0 Å². The highest BCUT2D eigenvalue weighted by molar-refractivity contribution is 8.19. The van der Waals surface area contributed by atoms with Crippen molar-refractivity contribution in [1.82, 2.24) is 4.57 Å². The summed E-state index contributed by atoms with van der Waals surface area (Å²) in [7, 11) is 3.98. The Hall–Kier alpha value is -2.96. The molecule has 29 heavy (non-hydrogen) atoms. The molecule has 1 saturated heterocycles. The molecule has 1 fully saturated rings. The summed E-state index contributed by atoms with van der Waals surface area (Å²) < 4.78 is 1.98. The molecule has 0 N–H and O–H groups in total. The number of benzene rings is 2. The highest BCUT2D eigenvalue weighted by Gasteiger charge is 2.36. The molecule has 4 rings (SSSR count). The molecule has 1 aliphatic heterocycles. The molecule has 3 aromatic rings. The lowest BCUT2D eigenvalue weighted by Crippen LogP contribution is -2.27. The number of rotatable bonds is 4. The van der Waals surface area contributed by atoms with Crippen molar-refractivity contribution in [2.45, 2.75) is 0 Å². The lowest BCUT2D eigenvalue weighted by molar-refractivity contribution is -0.113. The van der Waals surface area contributed by atoms with E-state index in [0.717, 1.165) is 33.7 Å². The zero-order valence-corrected chi connectivity index (χ0v) is 17.4. The van der Waals surface area contributed by atoms with Gasteiger partial charge in [0.05, 0.1) is 10.6 Å². The van der Waals surface area contributed by atoms with Crippen LogP contribution in [0.1, 0.15) is 5.69 Å². The van der Waals surface area contributed by atoms with E-state index in [-0.39, 0.29) is 11.1 Å². The molecule has 0 spiro atoms. The lowest BCUT2D eigenvalue weighted by Gasteiger charge is -2.14. The molecule has 7 heteroatoms. The van der Waals surface area contributed by atoms with Gasteiger partial charge in [-0.15, -0.1) is 0 Å². The highest BCUT2D eigenvalue weighted by Crippen LogP contribution is 2.36. The summed E-state index contributed by atoms with van der Waals surface area (Å²) in [6.45, 7) is 0. The van der Waals surface area contributed by atoms with E-state index >= 15 is 0 Å². The molecule has 2 aromatic carbocycles. The molecule has 0 atom stereocenters. The average molecular weight is 424 g/mol. The van der Waals surface area contributed by atoms with Gasteiger partial charge in [0.2, 0.25) is 0 Å². The van der Waals surface area contributed by atoms with Gasteiger partial charge in [0.1, 0.15) is 0 Å². The van der Waals surface area contributed by atoms with E-state index in [4.69, 9.17) is 11.6 Å². The summed E-state index contributed by atoms with van der Waals surface area (Å²) >= 11 is 6.94. The van der Waals surface area contributed by atoms with E-state index in [2.05, 4.69) is 0 Å². The minimum atomic E-state index is -0.349. The van der Waals surface area contributed by atoms with Crippen LogP contribution in [0, 0.1) is 0 Å². The number of thioether (sulfide) groups is 1. The SMILES string of the molecule is CN(C)c1ccc(-n2cccc2/C=C2/SC(=O)N(c3cccc(Cl)c3)C2=O)cc1. The van der Waals surface area contributed by atoms with E-state index < -0.39 is 0 Å². The van der Waals surface area contributed by atoms with Crippen LogP contribution in [0.2, 0.25) is 5.02 Å². The second-order valence-corrected chi connectivity index (χ2v) is 8.14. The van der Waals surface area contributed by atoms with Crippen molar-refractivity contribution < 1.29 is 9.59 Å². The second-order valence-electron chi connectivity index (χ2n) is 6.71. The molecule has 5 nitrogen and oxygen atoms in total. The van der Waals surface area contributed by atoms with Gasteiger partial charge in [-0.05, 0) is 72.4 Å². The monoisotopic (exact) mass is 423 g/mol. The molecule has 146 valence electrons. The highest BCUT2D eigenvalue weighted by atomic mass is 35.5. The Kier molecular flexibility index (Phi) is 5.22. The Balaban J connectivity index is 1.65. The average Bonchev–Trinajstić information content (AvgIpc) is 3.26. The Morgan fingerprint density at radius 2 is 1.72 bits per heavy atom. The first-order valence-electron chi connectivity index (χ1n) is 8.93. The number of imide groups is 1. The number of carbonyl (C=O) groups excluding carboxylic acids is 2. The maximum Gasteiger partial charge on any atom is 0.298 e. The zero-order valence-electron chi connectivity index (χ0n) is 15.9. The van der Waals surface area contributed by atoms with E-state index in [1.807, 2.05) is 66.2 Å². The molecule has 2 heterocycles. The van der Waals surface area contributed by atoms with Crippen molar-refractivity contribution >= 4 is 52.0 Å². The van der Waals surface area contributed by atoms with Crippen LogP contribution in [0.3, 0.4) is 0 Å². The molecule has 1 aliphatic rings. The normalized spacial score (nSPS) is 15.4. The Labute approximate surface area is 178 Å². The molecule has 0 radical (unpaired) electrons.